The number of methoxy groups -OCH3 is 3. The van der Waals surface area contributed by atoms with Gasteiger partial charge in [0, 0.05) is 5.56 Å². The number of allylic oxidation sites excluding steroid dienone is 1. The summed E-state index contributed by atoms with van der Waals surface area (Å²) in [6.45, 7) is 0. The maximum Gasteiger partial charge on any atom is 0.203 e. The maximum absolute atomic E-state index is 12.3. The molecule has 0 saturated heterocycles. The summed E-state index contributed by atoms with van der Waals surface area (Å²) in [5.74, 6) is 0.989. The van der Waals surface area contributed by atoms with Crippen molar-refractivity contribution in [2.75, 3.05) is 21.3 Å². The van der Waals surface area contributed by atoms with Gasteiger partial charge in [-0.15, -0.1) is 11.3 Å². The number of ketones is 1. The average Bonchev–Trinajstić information content (AvgIpc) is 2.88. The molecule has 0 N–H and O–H groups in total. The first-order chi connectivity index (χ1) is 11.0. The highest BCUT2D eigenvalue weighted by Gasteiger charge is 2.16. The Balaban J connectivity index is 2.34. The van der Waals surface area contributed by atoms with E-state index < -0.39 is 0 Å². The summed E-state index contributed by atoms with van der Waals surface area (Å²) in [7, 11) is 4.47. The highest BCUT2D eigenvalue weighted by molar-refractivity contribution is 7.17. The molecule has 0 spiro atoms. The lowest BCUT2D eigenvalue weighted by Crippen LogP contribution is -2.00. The Hall–Kier alpha value is -1.76. The van der Waals surface area contributed by atoms with Gasteiger partial charge in [0.25, 0.3) is 0 Å². The second-order valence-corrected chi connectivity index (χ2v) is 6.20. The Labute approximate surface area is 147 Å². The van der Waals surface area contributed by atoms with E-state index in [0.29, 0.717) is 32.2 Å². The molecule has 5 nitrogen and oxygen atoms in total. The van der Waals surface area contributed by atoms with Gasteiger partial charge in [0.15, 0.2) is 21.7 Å². The summed E-state index contributed by atoms with van der Waals surface area (Å²) in [5, 5.41) is 0.258. The number of rotatable bonds is 6. The second-order valence-electron chi connectivity index (χ2n) is 4.23. The number of carbonyl (C=O) groups is 1. The molecule has 0 amide bonds. The van der Waals surface area contributed by atoms with Crippen molar-refractivity contribution in [2.45, 2.75) is 0 Å². The quantitative estimate of drug-likeness (QED) is 0.555. The van der Waals surface area contributed by atoms with Crippen LogP contribution in [0, 0.1) is 0 Å². The number of halogens is 2. The lowest BCUT2D eigenvalue weighted by molar-refractivity contribution is 0.104. The van der Waals surface area contributed by atoms with E-state index in [1.807, 2.05) is 0 Å². The van der Waals surface area contributed by atoms with E-state index in [1.165, 1.54) is 38.7 Å². The van der Waals surface area contributed by atoms with Crippen LogP contribution in [0.1, 0.15) is 15.2 Å². The Morgan fingerprint density at radius 3 is 2.17 bits per heavy atom. The van der Waals surface area contributed by atoms with E-state index in [9.17, 15) is 4.79 Å². The predicted molar refractivity (Wildman–Crippen MR) is 91.6 cm³/mol. The molecule has 1 heterocycles. The standard InChI is InChI=1S/C15H13Cl2NO4S/c1-20-10-6-8(7-11(21-2)13(10)22-3)9(19)4-5-12-14(16)18-15(17)23-12/h4-7H,1-3H3/b5-4+. The van der Waals surface area contributed by atoms with Gasteiger partial charge in [0.2, 0.25) is 5.75 Å². The fourth-order valence-electron chi connectivity index (χ4n) is 1.86. The van der Waals surface area contributed by atoms with Gasteiger partial charge in [-0.2, -0.15) is 0 Å². The highest BCUT2D eigenvalue weighted by Crippen LogP contribution is 2.38. The first kappa shape index (κ1) is 17.6. The van der Waals surface area contributed by atoms with Crippen LogP contribution in [0.4, 0.5) is 0 Å². The summed E-state index contributed by atoms with van der Waals surface area (Å²) in [6, 6.07) is 3.16. The lowest BCUT2D eigenvalue weighted by atomic mass is 10.1. The molecule has 122 valence electrons. The van der Waals surface area contributed by atoms with Crippen LogP contribution < -0.4 is 14.2 Å². The third-order valence-corrected chi connectivity index (χ3v) is 4.44. The van der Waals surface area contributed by atoms with Crippen LogP contribution in [-0.4, -0.2) is 32.1 Å². The third-order valence-electron chi connectivity index (χ3n) is 2.92. The van der Waals surface area contributed by atoms with Crippen molar-refractivity contribution in [3.8, 4) is 17.2 Å². The Morgan fingerprint density at radius 2 is 1.74 bits per heavy atom. The van der Waals surface area contributed by atoms with Crippen LogP contribution in [0.2, 0.25) is 9.62 Å². The van der Waals surface area contributed by atoms with Crippen LogP contribution in [0.25, 0.3) is 6.08 Å². The number of benzene rings is 1. The van der Waals surface area contributed by atoms with Crippen LogP contribution in [0.15, 0.2) is 18.2 Å². The van der Waals surface area contributed by atoms with Gasteiger partial charge in [-0.05, 0) is 24.3 Å². The van der Waals surface area contributed by atoms with Gasteiger partial charge in [0.05, 0.1) is 26.2 Å². The number of ether oxygens (including phenoxy) is 3. The van der Waals surface area contributed by atoms with Gasteiger partial charge in [-0.1, -0.05) is 23.2 Å². The zero-order valence-electron chi connectivity index (χ0n) is 12.6. The molecule has 0 aliphatic heterocycles. The second kappa shape index (κ2) is 7.68. The van der Waals surface area contributed by atoms with Crippen molar-refractivity contribution in [1.29, 1.82) is 0 Å². The number of carbonyl (C=O) groups excluding carboxylic acids is 1. The zero-order chi connectivity index (χ0) is 17.0. The van der Waals surface area contributed by atoms with Gasteiger partial charge in [0.1, 0.15) is 5.15 Å². The van der Waals surface area contributed by atoms with Crippen molar-refractivity contribution in [2.24, 2.45) is 0 Å². The van der Waals surface area contributed by atoms with Gasteiger partial charge in [-0.3, -0.25) is 4.79 Å². The monoisotopic (exact) mass is 373 g/mol. The molecule has 0 fully saturated rings. The largest absolute Gasteiger partial charge is 0.493 e. The maximum atomic E-state index is 12.3. The van der Waals surface area contributed by atoms with E-state index in [1.54, 1.807) is 18.2 Å². The van der Waals surface area contributed by atoms with E-state index in [2.05, 4.69) is 4.98 Å². The number of thiazole rings is 1. The summed E-state index contributed by atoms with van der Waals surface area (Å²) < 4.78 is 16.0. The van der Waals surface area contributed by atoms with Crippen molar-refractivity contribution < 1.29 is 19.0 Å². The fraction of sp³-hybridized carbons (Fsp3) is 0.200. The highest BCUT2D eigenvalue weighted by atomic mass is 35.5. The minimum atomic E-state index is -0.246. The van der Waals surface area contributed by atoms with Gasteiger partial charge in [-0.25, -0.2) is 4.98 Å². The normalized spacial score (nSPS) is 10.8. The Bertz CT molecular complexity index is 733. The summed E-state index contributed by atoms with van der Waals surface area (Å²) in [5.41, 5.74) is 0.391. The molecular weight excluding hydrogens is 361 g/mol. The Kier molecular flexibility index (Phi) is 5.87. The smallest absolute Gasteiger partial charge is 0.203 e. The molecule has 2 aromatic rings. The summed E-state index contributed by atoms with van der Waals surface area (Å²) in [4.78, 5) is 16.8. The minimum absolute atomic E-state index is 0.246. The first-order valence-electron chi connectivity index (χ1n) is 6.34. The number of hydrogen-bond acceptors (Lipinski definition) is 6. The fourth-order valence-corrected chi connectivity index (χ4v) is 3.14. The molecule has 2 rings (SSSR count). The van der Waals surface area contributed by atoms with Crippen LogP contribution in [-0.2, 0) is 0 Å². The molecule has 0 aliphatic carbocycles. The van der Waals surface area contributed by atoms with E-state index in [0.717, 1.165) is 0 Å². The molecule has 23 heavy (non-hydrogen) atoms. The van der Waals surface area contributed by atoms with Crippen molar-refractivity contribution in [1.82, 2.24) is 4.98 Å². The minimum Gasteiger partial charge on any atom is -0.493 e. The first-order valence-corrected chi connectivity index (χ1v) is 7.91. The molecule has 8 heteroatoms. The zero-order valence-corrected chi connectivity index (χ0v) is 14.9. The number of nitrogens with zero attached hydrogens (tertiary/aromatic N) is 1. The summed E-state index contributed by atoms with van der Waals surface area (Å²) in [6.07, 6.45) is 2.95. The number of hydrogen-bond donors (Lipinski definition) is 0. The van der Waals surface area contributed by atoms with Crippen LogP contribution in [0.5, 0.6) is 17.2 Å². The molecule has 1 aromatic carbocycles. The Morgan fingerprint density at radius 1 is 1.13 bits per heavy atom. The number of aromatic nitrogens is 1. The summed E-state index contributed by atoms with van der Waals surface area (Å²) >= 11 is 12.9. The van der Waals surface area contributed by atoms with Crippen LogP contribution in [0.3, 0.4) is 0 Å². The molecule has 1 aromatic heterocycles. The van der Waals surface area contributed by atoms with E-state index in [4.69, 9.17) is 37.4 Å². The van der Waals surface area contributed by atoms with Crippen molar-refractivity contribution in [3.63, 3.8) is 0 Å². The van der Waals surface area contributed by atoms with E-state index >= 15 is 0 Å². The SMILES string of the molecule is COc1cc(C(=O)/C=C/c2sc(Cl)nc2Cl)cc(OC)c1OC. The molecule has 0 unspecified atom stereocenters. The van der Waals surface area contributed by atoms with E-state index in [-0.39, 0.29) is 10.9 Å². The third kappa shape index (κ3) is 3.96. The van der Waals surface area contributed by atoms with Crippen molar-refractivity contribution in [3.05, 3.63) is 38.3 Å². The topological polar surface area (TPSA) is 57.7 Å². The predicted octanol–water partition coefficient (Wildman–Crippen LogP) is 4.37. The molecule has 0 atom stereocenters. The van der Waals surface area contributed by atoms with Crippen LogP contribution >= 0.6 is 34.5 Å². The molecule has 0 saturated carbocycles. The average molecular weight is 374 g/mol. The molecule has 0 bridgehead atoms. The van der Waals surface area contributed by atoms with Crippen molar-refractivity contribution >= 4 is 46.4 Å². The van der Waals surface area contributed by atoms with Gasteiger partial charge >= 0.3 is 0 Å². The molecule has 0 aliphatic rings. The molecular formula is C15H13Cl2NO4S. The van der Waals surface area contributed by atoms with Gasteiger partial charge < -0.3 is 14.2 Å². The lowest BCUT2D eigenvalue weighted by Gasteiger charge is -2.13. The molecule has 0 radical (unpaired) electrons.